The van der Waals surface area contributed by atoms with Gasteiger partial charge in [-0.25, -0.2) is 0 Å². The molecule has 1 unspecified atom stereocenters. The third kappa shape index (κ3) is 5.18. The van der Waals surface area contributed by atoms with E-state index in [2.05, 4.69) is 59.5 Å². The van der Waals surface area contributed by atoms with Crippen LogP contribution in [0.5, 0.6) is 0 Å². The number of amides is 1. The van der Waals surface area contributed by atoms with E-state index in [0.717, 1.165) is 55.2 Å². The van der Waals surface area contributed by atoms with Crippen molar-refractivity contribution in [2.24, 2.45) is 11.8 Å². The zero-order valence-electron chi connectivity index (χ0n) is 19.0. The Hall–Kier alpha value is -2.18. The predicted molar refractivity (Wildman–Crippen MR) is 125 cm³/mol. The number of carbonyl (C=O) groups excluding carboxylic acids is 1. The van der Waals surface area contributed by atoms with Crippen molar-refractivity contribution in [3.05, 3.63) is 36.2 Å². The number of aromatic nitrogens is 1. The molecule has 2 heterocycles. The van der Waals surface area contributed by atoms with E-state index in [4.69, 9.17) is 0 Å². The van der Waals surface area contributed by atoms with Gasteiger partial charge in [0, 0.05) is 36.1 Å². The molecule has 168 valence electrons. The minimum atomic E-state index is -0.169. The molecule has 1 saturated carbocycles. The molecule has 0 radical (unpaired) electrons. The summed E-state index contributed by atoms with van der Waals surface area (Å²) in [6, 6.07) is 7.09. The van der Waals surface area contributed by atoms with Crippen LogP contribution in [0.3, 0.4) is 0 Å². The Morgan fingerprint density at radius 2 is 1.94 bits per heavy atom. The number of hydrogen-bond donors (Lipinski definition) is 3. The minimum Gasteiger partial charge on any atom is -0.393 e. The second-order valence-electron chi connectivity index (χ2n) is 9.79. The van der Waals surface area contributed by atoms with Crippen molar-refractivity contribution in [2.45, 2.75) is 64.6 Å². The highest BCUT2D eigenvalue weighted by Gasteiger charge is 2.36. The van der Waals surface area contributed by atoms with Gasteiger partial charge in [-0.1, -0.05) is 31.5 Å². The van der Waals surface area contributed by atoms with Crippen LogP contribution in [0.15, 0.2) is 30.6 Å². The number of fused-ring (bicyclic) bond motifs is 1. The van der Waals surface area contributed by atoms with Crippen molar-refractivity contribution in [2.75, 3.05) is 25.0 Å². The standard InChI is InChI=1S/C25H36N4O2/c1-16(2)25(31)18-6-8-21(9-7-18)29-14-20(15-29)28-24(30)13-27-23-12-26-11-19-5-4-17(3)10-22(19)23/h4-5,10-12,16,18,20-21,25,27,31H,6-9,13-15H2,1-3H3,(H,28,30). The van der Waals surface area contributed by atoms with Gasteiger partial charge in [0.1, 0.15) is 0 Å². The van der Waals surface area contributed by atoms with E-state index < -0.39 is 0 Å². The number of aliphatic hydroxyl groups is 1. The van der Waals surface area contributed by atoms with Gasteiger partial charge in [0.15, 0.2) is 0 Å². The number of pyridine rings is 1. The Balaban J connectivity index is 1.20. The predicted octanol–water partition coefficient (Wildman–Crippen LogP) is 3.33. The summed E-state index contributed by atoms with van der Waals surface area (Å²) in [6.07, 6.45) is 8.00. The van der Waals surface area contributed by atoms with Crippen molar-refractivity contribution in [3.8, 4) is 0 Å². The SMILES string of the molecule is Cc1ccc2cncc(NCC(=O)NC3CN(C4CCC(C(O)C(C)C)CC4)C3)c2c1. The highest BCUT2D eigenvalue weighted by Crippen LogP contribution is 2.33. The minimum absolute atomic E-state index is 0.0260. The first-order chi connectivity index (χ1) is 14.9. The van der Waals surface area contributed by atoms with Crippen LogP contribution in [-0.2, 0) is 4.79 Å². The molecule has 1 amide bonds. The number of aryl methyl sites for hydroxylation is 1. The van der Waals surface area contributed by atoms with Gasteiger partial charge in [-0.2, -0.15) is 0 Å². The molecule has 31 heavy (non-hydrogen) atoms. The largest absolute Gasteiger partial charge is 0.393 e. The van der Waals surface area contributed by atoms with Crippen LogP contribution in [0, 0.1) is 18.8 Å². The summed E-state index contributed by atoms with van der Waals surface area (Å²) in [4.78, 5) is 19.2. The maximum Gasteiger partial charge on any atom is 0.239 e. The molecule has 0 spiro atoms. The molecule has 3 N–H and O–H groups in total. The fraction of sp³-hybridized carbons (Fsp3) is 0.600. The van der Waals surface area contributed by atoms with Crippen molar-refractivity contribution in [3.63, 3.8) is 0 Å². The molecule has 1 aliphatic carbocycles. The Morgan fingerprint density at radius 1 is 1.19 bits per heavy atom. The fourth-order valence-corrected chi connectivity index (χ4v) is 5.13. The molecule has 1 aromatic heterocycles. The summed E-state index contributed by atoms with van der Waals surface area (Å²) in [5.41, 5.74) is 2.08. The zero-order chi connectivity index (χ0) is 22.0. The number of benzene rings is 1. The first kappa shape index (κ1) is 22.0. The molecule has 2 fully saturated rings. The number of aliphatic hydroxyl groups excluding tert-OH is 1. The van der Waals surface area contributed by atoms with Crippen LogP contribution in [-0.4, -0.2) is 58.7 Å². The van der Waals surface area contributed by atoms with E-state index in [-0.39, 0.29) is 24.6 Å². The van der Waals surface area contributed by atoms with Crippen molar-refractivity contribution < 1.29 is 9.90 Å². The second kappa shape index (κ2) is 9.53. The Bertz CT molecular complexity index is 902. The number of anilines is 1. The maximum atomic E-state index is 12.4. The lowest BCUT2D eigenvalue weighted by Crippen LogP contribution is -2.63. The van der Waals surface area contributed by atoms with Gasteiger partial charge in [-0.05, 0) is 50.5 Å². The number of hydrogen-bond acceptors (Lipinski definition) is 5. The monoisotopic (exact) mass is 424 g/mol. The third-order valence-corrected chi connectivity index (χ3v) is 7.05. The summed E-state index contributed by atoms with van der Waals surface area (Å²) < 4.78 is 0. The van der Waals surface area contributed by atoms with Crippen LogP contribution in [0.25, 0.3) is 10.8 Å². The first-order valence-corrected chi connectivity index (χ1v) is 11.7. The molecule has 6 nitrogen and oxygen atoms in total. The van der Waals surface area contributed by atoms with Crippen LogP contribution >= 0.6 is 0 Å². The van der Waals surface area contributed by atoms with Gasteiger partial charge >= 0.3 is 0 Å². The highest BCUT2D eigenvalue weighted by molar-refractivity contribution is 5.94. The molecule has 1 aliphatic heterocycles. The molecule has 6 heteroatoms. The smallest absolute Gasteiger partial charge is 0.239 e. The topological polar surface area (TPSA) is 77.5 Å². The molecule has 0 bridgehead atoms. The lowest BCUT2D eigenvalue weighted by molar-refractivity contribution is -0.121. The van der Waals surface area contributed by atoms with Gasteiger partial charge in [-0.15, -0.1) is 0 Å². The van der Waals surface area contributed by atoms with Gasteiger partial charge in [-0.3, -0.25) is 14.7 Å². The molecule has 4 rings (SSSR count). The molecule has 2 aromatic rings. The number of rotatable bonds is 7. The molecule has 2 aliphatic rings. The van der Waals surface area contributed by atoms with E-state index in [1.807, 2.05) is 6.20 Å². The van der Waals surface area contributed by atoms with E-state index in [0.29, 0.717) is 17.9 Å². The van der Waals surface area contributed by atoms with Crippen LogP contribution in [0.1, 0.15) is 45.1 Å². The summed E-state index contributed by atoms with van der Waals surface area (Å²) in [7, 11) is 0. The third-order valence-electron chi connectivity index (χ3n) is 7.05. The Kier molecular flexibility index (Phi) is 6.77. The Labute approximate surface area is 185 Å². The average Bonchev–Trinajstić information content (AvgIpc) is 2.74. The second-order valence-corrected chi connectivity index (χ2v) is 9.79. The van der Waals surface area contributed by atoms with Crippen molar-refractivity contribution >= 4 is 22.4 Å². The van der Waals surface area contributed by atoms with Gasteiger partial charge in [0.25, 0.3) is 0 Å². The number of nitrogens with one attached hydrogen (secondary N) is 2. The van der Waals surface area contributed by atoms with E-state index in [1.54, 1.807) is 6.20 Å². The summed E-state index contributed by atoms with van der Waals surface area (Å²) in [5, 5.41) is 18.9. The van der Waals surface area contributed by atoms with Crippen molar-refractivity contribution in [1.82, 2.24) is 15.2 Å². The molecule has 1 saturated heterocycles. The lowest BCUT2D eigenvalue weighted by Gasteiger charge is -2.47. The van der Waals surface area contributed by atoms with E-state index >= 15 is 0 Å². The molecule has 1 aromatic carbocycles. The highest BCUT2D eigenvalue weighted by atomic mass is 16.3. The van der Waals surface area contributed by atoms with Gasteiger partial charge in [0.2, 0.25) is 5.91 Å². The zero-order valence-corrected chi connectivity index (χ0v) is 19.0. The molecular formula is C25H36N4O2. The summed E-state index contributed by atoms with van der Waals surface area (Å²) >= 11 is 0. The first-order valence-electron chi connectivity index (χ1n) is 11.7. The summed E-state index contributed by atoms with van der Waals surface area (Å²) in [6.45, 7) is 8.39. The van der Waals surface area contributed by atoms with Crippen molar-refractivity contribution in [1.29, 1.82) is 0 Å². The van der Waals surface area contributed by atoms with E-state index in [9.17, 15) is 9.90 Å². The average molecular weight is 425 g/mol. The quantitative estimate of drug-likeness (QED) is 0.636. The maximum absolute atomic E-state index is 12.4. The molecular weight excluding hydrogens is 388 g/mol. The lowest BCUT2D eigenvalue weighted by atomic mass is 9.78. The normalized spacial score (nSPS) is 23.5. The number of carbonyl (C=O) groups is 1. The van der Waals surface area contributed by atoms with Gasteiger partial charge < -0.3 is 15.7 Å². The number of likely N-dealkylation sites (tertiary alicyclic amines) is 1. The van der Waals surface area contributed by atoms with E-state index in [1.165, 1.54) is 5.56 Å². The van der Waals surface area contributed by atoms with Crippen LogP contribution < -0.4 is 10.6 Å². The number of nitrogens with zero attached hydrogens (tertiary/aromatic N) is 2. The van der Waals surface area contributed by atoms with Crippen LogP contribution in [0.4, 0.5) is 5.69 Å². The molecule has 1 atom stereocenters. The summed E-state index contributed by atoms with van der Waals surface area (Å²) in [5.74, 6) is 0.817. The Morgan fingerprint density at radius 3 is 2.65 bits per heavy atom. The fourth-order valence-electron chi connectivity index (χ4n) is 5.13. The van der Waals surface area contributed by atoms with Crippen LogP contribution in [0.2, 0.25) is 0 Å². The van der Waals surface area contributed by atoms with Gasteiger partial charge in [0.05, 0.1) is 30.6 Å².